The molecule has 3 nitrogen and oxygen atoms in total. The Labute approximate surface area is 72.9 Å². The van der Waals surface area contributed by atoms with E-state index in [1.54, 1.807) is 12.3 Å². The van der Waals surface area contributed by atoms with E-state index >= 15 is 0 Å². The van der Waals surface area contributed by atoms with Crippen molar-refractivity contribution in [2.45, 2.75) is 18.9 Å². The maximum absolute atomic E-state index is 5.42. The van der Waals surface area contributed by atoms with E-state index in [2.05, 4.69) is 25.9 Å². The molecule has 11 heavy (non-hydrogen) atoms. The first-order valence-electron chi connectivity index (χ1n) is 3.50. The van der Waals surface area contributed by atoms with Gasteiger partial charge in [0.05, 0.1) is 0 Å². The van der Waals surface area contributed by atoms with E-state index in [0.29, 0.717) is 16.7 Å². The van der Waals surface area contributed by atoms with E-state index in [4.69, 9.17) is 4.74 Å². The lowest BCUT2D eigenvalue weighted by atomic mass is 10.6. The molecule has 0 amide bonds. The van der Waals surface area contributed by atoms with Crippen molar-refractivity contribution in [2.24, 2.45) is 0 Å². The van der Waals surface area contributed by atoms with Crippen LogP contribution in [0.25, 0.3) is 0 Å². The third kappa shape index (κ3) is 1.89. The van der Waals surface area contributed by atoms with Gasteiger partial charge in [0.1, 0.15) is 6.10 Å². The summed E-state index contributed by atoms with van der Waals surface area (Å²) in [4.78, 5) is 7.93. The van der Waals surface area contributed by atoms with Gasteiger partial charge in [0.2, 0.25) is 5.88 Å². The lowest BCUT2D eigenvalue weighted by Crippen LogP contribution is -1.98. The third-order valence-electron chi connectivity index (χ3n) is 1.41. The molecule has 0 atom stereocenters. The number of hydrogen-bond acceptors (Lipinski definition) is 3. The highest BCUT2D eigenvalue weighted by Crippen LogP contribution is 2.25. The van der Waals surface area contributed by atoms with Crippen molar-refractivity contribution in [1.82, 2.24) is 9.97 Å². The van der Waals surface area contributed by atoms with Crippen LogP contribution >= 0.6 is 15.9 Å². The lowest BCUT2D eigenvalue weighted by molar-refractivity contribution is 0.290. The quantitative estimate of drug-likeness (QED) is 0.705. The molecule has 0 radical (unpaired) electrons. The maximum Gasteiger partial charge on any atom is 0.217 e. The van der Waals surface area contributed by atoms with Gasteiger partial charge in [-0.15, -0.1) is 0 Å². The zero-order chi connectivity index (χ0) is 7.68. The first-order chi connectivity index (χ1) is 5.34. The van der Waals surface area contributed by atoms with E-state index < -0.39 is 0 Å². The average Bonchev–Trinajstić information content (AvgIpc) is 2.71. The molecule has 0 N–H and O–H groups in total. The van der Waals surface area contributed by atoms with Crippen LogP contribution in [0.4, 0.5) is 0 Å². The van der Waals surface area contributed by atoms with Crippen LogP contribution < -0.4 is 4.74 Å². The summed E-state index contributed by atoms with van der Waals surface area (Å²) >= 11 is 3.17. The molecule has 1 heterocycles. The number of rotatable bonds is 2. The van der Waals surface area contributed by atoms with Crippen molar-refractivity contribution in [3.05, 3.63) is 17.0 Å². The summed E-state index contributed by atoms with van der Waals surface area (Å²) in [6.07, 6.45) is 4.38. The van der Waals surface area contributed by atoms with Crippen LogP contribution in [0.5, 0.6) is 5.88 Å². The summed E-state index contributed by atoms with van der Waals surface area (Å²) in [6.45, 7) is 0. The van der Waals surface area contributed by atoms with Crippen molar-refractivity contribution in [1.29, 1.82) is 0 Å². The van der Waals surface area contributed by atoms with Crippen LogP contribution in [0.3, 0.4) is 0 Å². The van der Waals surface area contributed by atoms with Crippen molar-refractivity contribution in [2.75, 3.05) is 0 Å². The fourth-order valence-corrected chi connectivity index (χ4v) is 1.03. The SMILES string of the molecule is Brc1nccc(OC2CC2)n1. The van der Waals surface area contributed by atoms with Crippen LogP contribution in [0.1, 0.15) is 12.8 Å². The Hall–Kier alpha value is -0.640. The van der Waals surface area contributed by atoms with Gasteiger partial charge in [0.15, 0.2) is 4.73 Å². The van der Waals surface area contributed by atoms with Gasteiger partial charge in [-0.2, -0.15) is 4.98 Å². The molecular weight excluding hydrogens is 208 g/mol. The zero-order valence-electron chi connectivity index (χ0n) is 5.83. The van der Waals surface area contributed by atoms with Gasteiger partial charge in [0, 0.05) is 12.3 Å². The first-order valence-corrected chi connectivity index (χ1v) is 4.29. The van der Waals surface area contributed by atoms with E-state index in [1.807, 2.05) is 0 Å². The largest absolute Gasteiger partial charge is 0.474 e. The molecule has 1 aromatic heterocycles. The molecular formula is C7H7BrN2O. The van der Waals surface area contributed by atoms with Crippen molar-refractivity contribution in [3.63, 3.8) is 0 Å². The Balaban J connectivity index is 2.10. The van der Waals surface area contributed by atoms with Gasteiger partial charge < -0.3 is 4.74 Å². The molecule has 0 aliphatic heterocycles. The van der Waals surface area contributed by atoms with Crippen molar-refractivity contribution >= 4 is 15.9 Å². The highest BCUT2D eigenvalue weighted by atomic mass is 79.9. The number of nitrogens with zero attached hydrogens (tertiary/aromatic N) is 2. The van der Waals surface area contributed by atoms with Gasteiger partial charge in [-0.05, 0) is 28.8 Å². The molecule has 0 saturated heterocycles. The second kappa shape index (κ2) is 2.77. The molecule has 1 aliphatic carbocycles. The highest BCUT2D eigenvalue weighted by molar-refractivity contribution is 9.10. The fourth-order valence-electron chi connectivity index (χ4n) is 0.742. The van der Waals surface area contributed by atoms with Gasteiger partial charge in [-0.1, -0.05) is 0 Å². The van der Waals surface area contributed by atoms with Crippen LogP contribution in [0.2, 0.25) is 0 Å². The zero-order valence-corrected chi connectivity index (χ0v) is 7.41. The summed E-state index contributed by atoms with van der Waals surface area (Å²) in [5, 5.41) is 0. The summed E-state index contributed by atoms with van der Waals surface area (Å²) in [5.74, 6) is 0.661. The molecule has 2 rings (SSSR count). The second-order valence-electron chi connectivity index (χ2n) is 2.48. The summed E-state index contributed by atoms with van der Waals surface area (Å²) < 4.78 is 6.00. The Morgan fingerprint density at radius 1 is 1.55 bits per heavy atom. The number of halogens is 1. The molecule has 58 valence electrons. The molecule has 1 aromatic rings. The minimum absolute atomic E-state index is 0.400. The molecule has 0 aromatic carbocycles. The standard InChI is InChI=1S/C7H7BrN2O/c8-7-9-4-3-6(10-7)11-5-1-2-5/h3-5H,1-2H2. The molecule has 0 bridgehead atoms. The molecule has 1 aliphatic rings. The summed E-state index contributed by atoms with van der Waals surface area (Å²) in [5.41, 5.74) is 0. The molecule has 0 unspecified atom stereocenters. The van der Waals surface area contributed by atoms with Crippen molar-refractivity contribution in [3.8, 4) is 5.88 Å². The van der Waals surface area contributed by atoms with Gasteiger partial charge in [0.25, 0.3) is 0 Å². The topological polar surface area (TPSA) is 35.0 Å². The minimum Gasteiger partial charge on any atom is -0.474 e. The lowest BCUT2D eigenvalue weighted by Gasteiger charge is -2.00. The van der Waals surface area contributed by atoms with Gasteiger partial charge in [-0.3, -0.25) is 0 Å². The second-order valence-corrected chi connectivity index (χ2v) is 3.19. The fraction of sp³-hybridized carbons (Fsp3) is 0.429. The Morgan fingerprint density at radius 2 is 2.36 bits per heavy atom. The molecule has 1 saturated carbocycles. The summed E-state index contributed by atoms with van der Waals surface area (Å²) in [7, 11) is 0. The maximum atomic E-state index is 5.42. The van der Waals surface area contributed by atoms with Gasteiger partial charge >= 0.3 is 0 Å². The van der Waals surface area contributed by atoms with Crippen LogP contribution in [0, 0.1) is 0 Å². The van der Waals surface area contributed by atoms with E-state index in [0.717, 1.165) is 12.8 Å². The number of ether oxygens (including phenoxy) is 1. The molecule has 1 fully saturated rings. The first kappa shape index (κ1) is 7.03. The van der Waals surface area contributed by atoms with Gasteiger partial charge in [-0.25, -0.2) is 4.98 Å². The number of aromatic nitrogens is 2. The van der Waals surface area contributed by atoms with E-state index in [-0.39, 0.29) is 0 Å². The molecule has 4 heteroatoms. The van der Waals surface area contributed by atoms with Crippen molar-refractivity contribution < 1.29 is 4.74 Å². The smallest absolute Gasteiger partial charge is 0.217 e. The van der Waals surface area contributed by atoms with Crippen LogP contribution in [-0.2, 0) is 0 Å². The average molecular weight is 215 g/mol. The normalized spacial score (nSPS) is 16.5. The highest BCUT2D eigenvalue weighted by Gasteiger charge is 2.23. The third-order valence-corrected chi connectivity index (χ3v) is 1.79. The number of hydrogen-bond donors (Lipinski definition) is 0. The minimum atomic E-state index is 0.400. The van der Waals surface area contributed by atoms with Crippen LogP contribution in [-0.4, -0.2) is 16.1 Å². The Bertz CT molecular complexity index is 262. The predicted octanol–water partition coefficient (Wildman–Crippen LogP) is 1.78. The Morgan fingerprint density at radius 3 is 3.00 bits per heavy atom. The van der Waals surface area contributed by atoms with Crippen LogP contribution in [0.15, 0.2) is 17.0 Å². The van der Waals surface area contributed by atoms with E-state index in [9.17, 15) is 0 Å². The monoisotopic (exact) mass is 214 g/mol. The Kier molecular flexibility index (Phi) is 1.77. The molecule has 0 spiro atoms. The van der Waals surface area contributed by atoms with E-state index in [1.165, 1.54) is 0 Å². The predicted molar refractivity (Wildman–Crippen MR) is 43.4 cm³/mol. The summed E-state index contributed by atoms with van der Waals surface area (Å²) in [6, 6.07) is 1.77.